The van der Waals surface area contributed by atoms with E-state index in [0.29, 0.717) is 24.7 Å². The number of nitrogens with one attached hydrogen (secondary N) is 2. The van der Waals surface area contributed by atoms with Gasteiger partial charge < -0.3 is 29.6 Å². The largest absolute Gasteiger partial charge is 0.461 e. The van der Waals surface area contributed by atoms with Crippen LogP contribution in [0.1, 0.15) is 16.1 Å². The molecule has 3 amide bonds. The number of ether oxygens (including phenoxy) is 1. The summed E-state index contributed by atoms with van der Waals surface area (Å²) in [6.45, 7) is 4.59. The SMILES string of the molecule is Cc1ccc(-c2ccc3c(N4CCOCC4)nc(-c4ccc(NC(=O)Nc5ccc(C(=O)N(C)C)cc5F)cc4)nc3c2)o1. The third-order valence-corrected chi connectivity index (χ3v) is 7.28. The molecule has 10 nitrogen and oxygen atoms in total. The fourth-order valence-electron chi connectivity index (χ4n) is 5.00. The summed E-state index contributed by atoms with van der Waals surface area (Å²) in [4.78, 5) is 38.1. The van der Waals surface area contributed by atoms with Crippen molar-refractivity contribution in [1.29, 1.82) is 0 Å². The first-order valence-electron chi connectivity index (χ1n) is 14.2. The van der Waals surface area contributed by atoms with E-state index in [1.807, 2.05) is 49.4 Å². The predicted molar refractivity (Wildman–Crippen MR) is 168 cm³/mol. The normalized spacial score (nSPS) is 13.1. The lowest BCUT2D eigenvalue weighted by Gasteiger charge is -2.29. The van der Waals surface area contributed by atoms with Crippen molar-refractivity contribution >= 4 is 40.0 Å². The smallest absolute Gasteiger partial charge is 0.323 e. The van der Waals surface area contributed by atoms with Gasteiger partial charge in [-0.3, -0.25) is 4.79 Å². The average Bonchev–Trinajstić information content (AvgIpc) is 3.47. The Labute approximate surface area is 253 Å². The van der Waals surface area contributed by atoms with Crippen molar-refractivity contribution in [3.05, 3.63) is 89.9 Å². The number of nitrogens with zero attached hydrogens (tertiary/aromatic N) is 4. The number of aromatic nitrogens is 2. The molecule has 1 aliphatic rings. The van der Waals surface area contributed by atoms with Gasteiger partial charge in [0.1, 0.15) is 23.2 Å². The molecule has 0 unspecified atom stereocenters. The summed E-state index contributed by atoms with van der Waals surface area (Å²) in [5.41, 5.74) is 3.11. The lowest BCUT2D eigenvalue weighted by atomic mass is 10.1. The van der Waals surface area contributed by atoms with Crippen LogP contribution in [-0.2, 0) is 4.74 Å². The van der Waals surface area contributed by atoms with Crippen LogP contribution in [0.25, 0.3) is 33.6 Å². The molecule has 2 N–H and O–H groups in total. The van der Waals surface area contributed by atoms with Crippen LogP contribution >= 0.6 is 0 Å². The van der Waals surface area contributed by atoms with Gasteiger partial charge in [-0.1, -0.05) is 6.07 Å². The zero-order valence-electron chi connectivity index (χ0n) is 24.6. The van der Waals surface area contributed by atoms with Crippen LogP contribution in [0.4, 0.5) is 26.4 Å². The van der Waals surface area contributed by atoms with Gasteiger partial charge in [-0.2, -0.15) is 0 Å². The number of carbonyl (C=O) groups excluding carboxylic acids is 2. The van der Waals surface area contributed by atoms with E-state index in [2.05, 4.69) is 15.5 Å². The van der Waals surface area contributed by atoms with Gasteiger partial charge in [0, 0.05) is 54.9 Å². The van der Waals surface area contributed by atoms with Crippen molar-refractivity contribution in [3.8, 4) is 22.7 Å². The van der Waals surface area contributed by atoms with Crippen LogP contribution in [0, 0.1) is 12.7 Å². The summed E-state index contributed by atoms with van der Waals surface area (Å²) in [5.74, 6) is 1.93. The number of fused-ring (bicyclic) bond motifs is 1. The highest BCUT2D eigenvalue weighted by atomic mass is 19.1. The molecule has 0 spiro atoms. The Morgan fingerprint density at radius 3 is 2.32 bits per heavy atom. The lowest BCUT2D eigenvalue weighted by Crippen LogP contribution is -2.37. The molecular weight excluding hydrogens is 563 g/mol. The van der Waals surface area contributed by atoms with Crippen LogP contribution in [-0.4, -0.2) is 67.2 Å². The Bertz CT molecular complexity index is 1850. The van der Waals surface area contributed by atoms with Crippen LogP contribution in [0.3, 0.4) is 0 Å². The van der Waals surface area contributed by atoms with E-state index in [1.54, 1.807) is 26.2 Å². The van der Waals surface area contributed by atoms with E-state index < -0.39 is 11.8 Å². The first kappa shape index (κ1) is 28.8. The zero-order valence-corrected chi connectivity index (χ0v) is 24.6. The molecule has 0 atom stereocenters. The molecule has 44 heavy (non-hydrogen) atoms. The molecule has 1 saturated heterocycles. The van der Waals surface area contributed by atoms with E-state index in [4.69, 9.17) is 19.1 Å². The molecule has 224 valence electrons. The van der Waals surface area contributed by atoms with Crippen LogP contribution in [0.15, 0.2) is 77.2 Å². The zero-order chi connectivity index (χ0) is 30.8. The molecule has 0 radical (unpaired) electrons. The molecule has 1 aliphatic heterocycles. The Morgan fingerprint density at radius 2 is 1.64 bits per heavy atom. The first-order chi connectivity index (χ1) is 21.2. The molecule has 0 bridgehead atoms. The number of anilines is 3. The Kier molecular flexibility index (Phi) is 7.95. The highest BCUT2D eigenvalue weighted by molar-refractivity contribution is 6.01. The average molecular weight is 595 g/mol. The number of halogens is 1. The van der Waals surface area contributed by atoms with E-state index in [1.165, 1.54) is 17.0 Å². The molecular formula is C33H31FN6O4. The first-order valence-corrected chi connectivity index (χ1v) is 14.2. The fourth-order valence-corrected chi connectivity index (χ4v) is 5.00. The standard InChI is InChI=1S/C33H31FN6O4/c1-20-4-13-29(44-20)22-7-11-25-28(19-22)36-30(38-31(25)40-14-16-43-17-15-40)21-5-9-24(10-6-21)35-33(42)37-27-12-8-23(18-26(27)34)32(41)39(2)3/h4-13,18-19H,14-17H2,1-3H3,(H2,35,37,42). The summed E-state index contributed by atoms with van der Waals surface area (Å²) >= 11 is 0. The number of benzene rings is 3. The Hall–Kier alpha value is -5.29. The second-order valence-corrected chi connectivity index (χ2v) is 10.7. The number of aryl methyl sites for hydroxylation is 1. The highest BCUT2D eigenvalue weighted by Crippen LogP contribution is 2.32. The van der Waals surface area contributed by atoms with E-state index in [9.17, 15) is 14.0 Å². The van der Waals surface area contributed by atoms with Crippen molar-refractivity contribution in [3.63, 3.8) is 0 Å². The van der Waals surface area contributed by atoms with Crippen molar-refractivity contribution in [2.75, 3.05) is 55.9 Å². The lowest BCUT2D eigenvalue weighted by molar-refractivity contribution is 0.0827. The maximum atomic E-state index is 14.6. The van der Waals surface area contributed by atoms with Gasteiger partial charge in [0.2, 0.25) is 0 Å². The van der Waals surface area contributed by atoms with Crippen LogP contribution < -0.4 is 15.5 Å². The number of carbonyl (C=O) groups is 2. The molecule has 2 aromatic heterocycles. The van der Waals surface area contributed by atoms with Crippen LogP contribution in [0.2, 0.25) is 0 Å². The van der Waals surface area contributed by atoms with Crippen molar-refractivity contribution < 1.29 is 23.1 Å². The summed E-state index contributed by atoms with van der Waals surface area (Å²) in [6, 6.07) is 20.3. The number of hydrogen-bond acceptors (Lipinski definition) is 7. The second kappa shape index (κ2) is 12.1. The number of furan rings is 1. The Balaban J connectivity index is 1.24. The van der Waals surface area contributed by atoms with Gasteiger partial charge in [-0.25, -0.2) is 19.2 Å². The number of rotatable bonds is 6. The van der Waals surface area contributed by atoms with Crippen LogP contribution in [0.5, 0.6) is 0 Å². The molecule has 5 aromatic rings. The molecule has 11 heteroatoms. The number of morpholine rings is 1. The third-order valence-electron chi connectivity index (χ3n) is 7.28. The Morgan fingerprint density at radius 1 is 0.886 bits per heavy atom. The second-order valence-electron chi connectivity index (χ2n) is 10.7. The topological polar surface area (TPSA) is 113 Å². The van der Waals surface area contributed by atoms with E-state index in [0.717, 1.165) is 58.5 Å². The van der Waals surface area contributed by atoms with Gasteiger partial charge in [0.25, 0.3) is 5.91 Å². The number of amides is 3. The van der Waals surface area contributed by atoms with Gasteiger partial charge in [-0.15, -0.1) is 0 Å². The third kappa shape index (κ3) is 6.09. The summed E-state index contributed by atoms with van der Waals surface area (Å²) in [6.07, 6.45) is 0. The number of hydrogen-bond donors (Lipinski definition) is 2. The summed E-state index contributed by atoms with van der Waals surface area (Å²) < 4.78 is 26.0. The molecule has 3 heterocycles. The predicted octanol–water partition coefficient (Wildman–Crippen LogP) is 6.19. The minimum atomic E-state index is -0.710. The number of urea groups is 1. The molecule has 6 rings (SSSR count). The molecule has 0 aliphatic carbocycles. The van der Waals surface area contributed by atoms with Gasteiger partial charge in [0.05, 0.1) is 24.4 Å². The summed E-state index contributed by atoms with van der Waals surface area (Å²) in [7, 11) is 3.17. The van der Waals surface area contributed by atoms with Gasteiger partial charge in [-0.05, 0) is 73.7 Å². The minimum Gasteiger partial charge on any atom is -0.461 e. The minimum absolute atomic E-state index is 0.0429. The summed E-state index contributed by atoms with van der Waals surface area (Å²) in [5, 5.41) is 6.13. The molecule has 0 saturated carbocycles. The van der Waals surface area contributed by atoms with Crippen molar-refractivity contribution in [2.24, 2.45) is 0 Å². The maximum absolute atomic E-state index is 14.6. The van der Waals surface area contributed by atoms with E-state index >= 15 is 0 Å². The molecule has 3 aromatic carbocycles. The van der Waals surface area contributed by atoms with E-state index in [-0.39, 0.29) is 17.2 Å². The van der Waals surface area contributed by atoms with Crippen molar-refractivity contribution in [1.82, 2.24) is 14.9 Å². The van der Waals surface area contributed by atoms with Crippen molar-refractivity contribution in [2.45, 2.75) is 6.92 Å². The maximum Gasteiger partial charge on any atom is 0.323 e. The van der Waals surface area contributed by atoms with Gasteiger partial charge in [0.15, 0.2) is 5.82 Å². The van der Waals surface area contributed by atoms with Gasteiger partial charge >= 0.3 is 6.03 Å². The monoisotopic (exact) mass is 594 g/mol. The quantitative estimate of drug-likeness (QED) is 0.241. The molecule has 1 fully saturated rings. The highest BCUT2D eigenvalue weighted by Gasteiger charge is 2.19. The fraction of sp³-hybridized carbons (Fsp3) is 0.212.